The highest BCUT2D eigenvalue weighted by molar-refractivity contribution is 9.10. The van der Waals surface area contributed by atoms with Gasteiger partial charge in [-0.25, -0.2) is 4.99 Å². The Kier molecular flexibility index (Phi) is 5.21. The van der Waals surface area contributed by atoms with Crippen molar-refractivity contribution in [2.75, 3.05) is 0 Å². The van der Waals surface area contributed by atoms with Crippen LogP contribution in [-0.4, -0.2) is 4.57 Å². The zero-order chi connectivity index (χ0) is 22.5. The van der Waals surface area contributed by atoms with Gasteiger partial charge in [0.2, 0.25) is 0 Å². The van der Waals surface area contributed by atoms with Crippen molar-refractivity contribution in [3.8, 4) is 0 Å². The number of hydrogen-bond donors (Lipinski definition) is 0. The Morgan fingerprint density at radius 3 is 2.58 bits per heavy atom. The predicted molar refractivity (Wildman–Crippen MR) is 138 cm³/mol. The lowest BCUT2D eigenvalue weighted by Gasteiger charge is -2.31. The number of thiazole rings is 1. The maximum Gasteiger partial charge on any atom is 0.271 e. The summed E-state index contributed by atoms with van der Waals surface area (Å²) in [5.74, 6) is 0. The van der Waals surface area contributed by atoms with E-state index in [1.54, 1.807) is 0 Å². The van der Waals surface area contributed by atoms with Crippen LogP contribution in [0.4, 0.5) is 0 Å². The Morgan fingerprint density at radius 1 is 1.00 bits per heavy atom. The van der Waals surface area contributed by atoms with Gasteiger partial charge in [-0.15, -0.1) is 0 Å². The molecule has 1 aromatic heterocycles. The number of fused-ring (bicyclic) bond motifs is 3. The molecule has 1 aliphatic carbocycles. The molecule has 3 aromatic carbocycles. The molecule has 4 aromatic rings. The van der Waals surface area contributed by atoms with Crippen LogP contribution in [0.25, 0.3) is 11.8 Å². The Balaban J connectivity index is 1.64. The number of hydrogen-bond acceptors (Lipinski definition) is 3. The number of benzene rings is 3. The van der Waals surface area contributed by atoms with E-state index in [2.05, 4.69) is 40.2 Å². The van der Waals surface area contributed by atoms with Gasteiger partial charge < -0.3 is 0 Å². The normalized spacial score (nSPS) is 17.3. The summed E-state index contributed by atoms with van der Waals surface area (Å²) in [6.07, 6.45) is 3.72. The van der Waals surface area contributed by atoms with Crippen molar-refractivity contribution in [2.24, 2.45) is 4.99 Å². The number of halogens is 2. The summed E-state index contributed by atoms with van der Waals surface area (Å²) in [5.41, 5.74) is 6.48. The van der Waals surface area contributed by atoms with Crippen LogP contribution < -0.4 is 14.9 Å². The highest BCUT2D eigenvalue weighted by Crippen LogP contribution is 2.42. The van der Waals surface area contributed by atoms with Gasteiger partial charge in [0.1, 0.15) is 0 Å². The molecule has 3 nitrogen and oxygen atoms in total. The standard InChI is InChI=1S/C27H18BrClN2OS/c28-18-12-9-16(10-13-18)15-23-26(32)31-25(20-7-3-4-8-22(20)29)21-14-11-17-5-1-2-6-19(17)24(21)30-27(31)33-23/h1-10,12-13,15,25H,11,14H2. The van der Waals surface area contributed by atoms with Crippen LogP contribution in [0.1, 0.15) is 34.7 Å². The van der Waals surface area contributed by atoms with Crippen molar-refractivity contribution >= 4 is 50.6 Å². The largest absolute Gasteiger partial charge is 0.272 e. The fourth-order valence-corrected chi connectivity index (χ4v) is 6.21. The monoisotopic (exact) mass is 532 g/mol. The van der Waals surface area contributed by atoms with Crippen LogP contribution >= 0.6 is 38.9 Å². The van der Waals surface area contributed by atoms with Crippen molar-refractivity contribution in [1.29, 1.82) is 0 Å². The fraction of sp³-hybridized carbons (Fsp3) is 0.111. The van der Waals surface area contributed by atoms with Gasteiger partial charge in [-0.1, -0.05) is 93.5 Å². The molecule has 0 radical (unpaired) electrons. The maximum atomic E-state index is 13.7. The number of aromatic nitrogens is 1. The van der Waals surface area contributed by atoms with Gasteiger partial charge in [0.15, 0.2) is 4.80 Å². The van der Waals surface area contributed by atoms with Crippen LogP contribution in [0.2, 0.25) is 5.02 Å². The first-order valence-electron chi connectivity index (χ1n) is 10.7. The SMILES string of the molecule is O=c1c(=Cc2ccc(Br)cc2)sc2n1C(c1ccccc1Cl)C1=C(N=2)c2ccccc2CC1. The van der Waals surface area contributed by atoms with E-state index in [1.807, 2.05) is 59.2 Å². The molecule has 33 heavy (non-hydrogen) atoms. The molecule has 162 valence electrons. The smallest absolute Gasteiger partial charge is 0.271 e. The van der Waals surface area contributed by atoms with Crippen LogP contribution in [0.15, 0.2) is 92.6 Å². The van der Waals surface area contributed by atoms with E-state index >= 15 is 0 Å². The third-order valence-corrected chi connectivity index (χ3v) is 8.10. The Labute approximate surface area is 208 Å². The zero-order valence-corrected chi connectivity index (χ0v) is 20.6. The maximum absolute atomic E-state index is 13.7. The van der Waals surface area contributed by atoms with E-state index in [0.717, 1.165) is 45.3 Å². The molecule has 2 aliphatic rings. The zero-order valence-electron chi connectivity index (χ0n) is 17.5. The molecule has 0 bridgehead atoms. The van der Waals surface area contributed by atoms with Crippen LogP contribution in [0, 0.1) is 0 Å². The van der Waals surface area contributed by atoms with E-state index in [4.69, 9.17) is 16.6 Å². The molecule has 0 N–H and O–H groups in total. The third-order valence-electron chi connectivity index (χ3n) is 6.24. The topological polar surface area (TPSA) is 34.4 Å². The van der Waals surface area contributed by atoms with Crippen molar-refractivity contribution < 1.29 is 0 Å². The third kappa shape index (κ3) is 3.55. The quantitative estimate of drug-likeness (QED) is 0.324. The number of rotatable bonds is 2. The molecule has 0 amide bonds. The van der Waals surface area contributed by atoms with Gasteiger partial charge in [-0.3, -0.25) is 9.36 Å². The summed E-state index contributed by atoms with van der Waals surface area (Å²) >= 11 is 11.6. The molecule has 0 fully saturated rings. The molecule has 1 unspecified atom stereocenters. The number of allylic oxidation sites excluding steroid dienone is 1. The Bertz CT molecular complexity index is 1620. The summed E-state index contributed by atoms with van der Waals surface area (Å²) in [7, 11) is 0. The van der Waals surface area contributed by atoms with Gasteiger partial charge in [-0.05, 0) is 59.4 Å². The molecule has 0 saturated carbocycles. The van der Waals surface area contributed by atoms with E-state index in [-0.39, 0.29) is 11.6 Å². The summed E-state index contributed by atoms with van der Waals surface area (Å²) in [5, 5.41) is 0.664. The van der Waals surface area contributed by atoms with Crippen LogP contribution in [0.5, 0.6) is 0 Å². The van der Waals surface area contributed by atoms with E-state index in [9.17, 15) is 4.79 Å². The molecule has 0 saturated heterocycles. The molecular weight excluding hydrogens is 516 g/mol. The fourth-order valence-electron chi connectivity index (χ4n) is 4.71. The van der Waals surface area contributed by atoms with Crippen LogP contribution in [-0.2, 0) is 6.42 Å². The van der Waals surface area contributed by atoms with Crippen molar-refractivity contribution in [2.45, 2.75) is 18.9 Å². The van der Waals surface area contributed by atoms with Crippen molar-refractivity contribution in [3.05, 3.63) is 130 Å². The highest BCUT2D eigenvalue weighted by Gasteiger charge is 2.33. The average Bonchev–Trinajstić information content (AvgIpc) is 3.14. The van der Waals surface area contributed by atoms with E-state index < -0.39 is 0 Å². The molecule has 0 spiro atoms. The first-order valence-corrected chi connectivity index (χ1v) is 12.7. The molecule has 6 heteroatoms. The second kappa shape index (κ2) is 8.24. The lowest BCUT2D eigenvalue weighted by Crippen LogP contribution is -2.38. The minimum absolute atomic E-state index is 0.0306. The minimum Gasteiger partial charge on any atom is -0.272 e. The number of nitrogens with zero attached hydrogens (tertiary/aromatic N) is 2. The van der Waals surface area contributed by atoms with Gasteiger partial charge in [0.05, 0.1) is 16.3 Å². The lowest BCUT2D eigenvalue weighted by molar-refractivity contribution is 0.585. The summed E-state index contributed by atoms with van der Waals surface area (Å²) < 4.78 is 3.51. The molecule has 6 rings (SSSR count). The number of aryl methyl sites for hydroxylation is 1. The predicted octanol–water partition coefficient (Wildman–Crippen LogP) is 5.73. The summed E-state index contributed by atoms with van der Waals surface area (Å²) in [6, 6.07) is 23.9. The lowest BCUT2D eigenvalue weighted by atomic mass is 9.83. The Hall–Kier alpha value is -2.73. The second-order valence-electron chi connectivity index (χ2n) is 8.19. The highest BCUT2D eigenvalue weighted by atomic mass is 79.9. The van der Waals surface area contributed by atoms with E-state index in [0.29, 0.717) is 14.4 Å². The van der Waals surface area contributed by atoms with E-state index in [1.165, 1.54) is 16.9 Å². The average molecular weight is 534 g/mol. The summed E-state index contributed by atoms with van der Waals surface area (Å²) in [4.78, 5) is 19.5. The van der Waals surface area contributed by atoms with Crippen molar-refractivity contribution in [3.63, 3.8) is 0 Å². The molecular formula is C27H18BrClN2OS. The van der Waals surface area contributed by atoms with Crippen molar-refractivity contribution in [1.82, 2.24) is 4.57 Å². The molecule has 1 aliphatic heterocycles. The van der Waals surface area contributed by atoms with Gasteiger partial charge in [0.25, 0.3) is 5.56 Å². The summed E-state index contributed by atoms with van der Waals surface area (Å²) in [6.45, 7) is 0. The molecule has 2 heterocycles. The first-order chi connectivity index (χ1) is 16.1. The minimum atomic E-state index is -0.259. The second-order valence-corrected chi connectivity index (χ2v) is 10.5. The Morgan fingerprint density at radius 2 is 1.76 bits per heavy atom. The van der Waals surface area contributed by atoms with Crippen LogP contribution in [0.3, 0.4) is 0 Å². The molecule has 1 atom stereocenters. The first kappa shape index (κ1) is 20.8. The van der Waals surface area contributed by atoms with Gasteiger partial charge >= 0.3 is 0 Å². The van der Waals surface area contributed by atoms with Gasteiger partial charge in [-0.2, -0.15) is 0 Å². The van der Waals surface area contributed by atoms with Gasteiger partial charge in [0, 0.05) is 15.1 Å².